The molecule has 0 bridgehead atoms. The molecule has 2 aromatic heterocycles. The zero-order valence-electron chi connectivity index (χ0n) is 28.9. The number of fused-ring (bicyclic) bond motifs is 2. The van der Waals surface area contributed by atoms with Crippen LogP contribution in [0.5, 0.6) is 0 Å². The summed E-state index contributed by atoms with van der Waals surface area (Å²) in [6, 6.07) is 12.6. The van der Waals surface area contributed by atoms with Gasteiger partial charge in [-0.25, -0.2) is 14.4 Å². The maximum atomic E-state index is 15.2. The molecule has 0 radical (unpaired) electrons. The highest BCUT2D eigenvalue weighted by molar-refractivity contribution is 6.09. The van der Waals surface area contributed by atoms with Crippen LogP contribution in [0.1, 0.15) is 95.6 Å². The molecule has 7 rings (SSSR count). The van der Waals surface area contributed by atoms with Crippen molar-refractivity contribution in [1.82, 2.24) is 24.8 Å². The summed E-state index contributed by atoms with van der Waals surface area (Å²) in [5.41, 5.74) is 4.92. The van der Waals surface area contributed by atoms with Crippen LogP contribution in [-0.4, -0.2) is 62.5 Å². The lowest BCUT2D eigenvalue weighted by Gasteiger charge is -2.55. The van der Waals surface area contributed by atoms with Crippen LogP contribution in [0, 0.1) is 5.82 Å². The SMILES string of the molecule is CCNC(=O)c1ccc(F)c(Nc2nc(-c3ccc4c(c3)N(C3CC(C)(N5CCCCC5)C3)C(=O)C4(C)C)cc3ncn(C(C)C)c23)c1. The molecule has 3 aliphatic rings. The first-order valence-electron chi connectivity index (χ1n) is 17.4. The smallest absolute Gasteiger partial charge is 0.251 e. The molecule has 10 heteroatoms. The Hall–Kier alpha value is -4.31. The number of piperidine rings is 1. The Morgan fingerprint density at radius 3 is 2.50 bits per heavy atom. The number of hydrogen-bond acceptors (Lipinski definition) is 6. The van der Waals surface area contributed by atoms with Gasteiger partial charge in [0, 0.05) is 41.0 Å². The van der Waals surface area contributed by atoms with Crippen molar-refractivity contribution in [2.24, 2.45) is 0 Å². The van der Waals surface area contributed by atoms with Crippen molar-refractivity contribution in [3.63, 3.8) is 0 Å². The van der Waals surface area contributed by atoms with Crippen molar-refractivity contribution in [2.75, 3.05) is 29.9 Å². The monoisotopic (exact) mass is 651 g/mol. The summed E-state index contributed by atoms with van der Waals surface area (Å²) >= 11 is 0. The number of carbonyl (C=O) groups excluding carboxylic acids is 2. The minimum atomic E-state index is -0.627. The molecule has 1 saturated heterocycles. The lowest BCUT2D eigenvalue weighted by Crippen LogP contribution is -2.64. The number of aromatic nitrogens is 3. The summed E-state index contributed by atoms with van der Waals surface area (Å²) in [7, 11) is 0. The molecule has 4 aromatic rings. The standard InChI is InChI=1S/C38H46FN7O2/c1-7-40-35(47)25-12-14-28(39)30(17-25)43-34-33-31(41-22-45(33)23(2)3)19-29(42-34)24-11-13-27-32(18-24)46(36(48)37(27,4)5)26-20-38(6,21-26)44-15-9-8-10-16-44/h11-14,17-19,22-23,26H,7-10,15-16,20-21H2,1-6H3,(H,40,47)(H,42,43). The van der Waals surface area contributed by atoms with Crippen LogP contribution in [0.3, 0.4) is 0 Å². The second-order valence-electron chi connectivity index (χ2n) is 14.8. The molecule has 48 heavy (non-hydrogen) atoms. The van der Waals surface area contributed by atoms with Gasteiger partial charge in [-0.2, -0.15) is 0 Å². The quantitative estimate of drug-likeness (QED) is 0.207. The molecule has 1 aliphatic carbocycles. The maximum Gasteiger partial charge on any atom is 0.251 e. The Morgan fingerprint density at radius 2 is 1.79 bits per heavy atom. The Bertz CT molecular complexity index is 1900. The van der Waals surface area contributed by atoms with Crippen LogP contribution in [0.4, 0.5) is 21.6 Å². The molecule has 0 unspecified atom stereocenters. The van der Waals surface area contributed by atoms with E-state index in [4.69, 9.17) is 9.97 Å². The van der Waals surface area contributed by atoms with Gasteiger partial charge in [0.05, 0.1) is 28.6 Å². The molecular formula is C38H46FN7O2. The zero-order valence-corrected chi connectivity index (χ0v) is 28.9. The van der Waals surface area contributed by atoms with E-state index in [0.29, 0.717) is 29.1 Å². The fourth-order valence-corrected chi connectivity index (χ4v) is 7.98. The van der Waals surface area contributed by atoms with E-state index < -0.39 is 11.2 Å². The van der Waals surface area contributed by atoms with E-state index in [1.54, 1.807) is 6.33 Å². The van der Waals surface area contributed by atoms with Crippen molar-refractivity contribution in [3.05, 3.63) is 65.7 Å². The lowest BCUT2D eigenvalue weighted by molar-refractivity contribution is -0.123. The van der Waals surface area contributed by atoms with Crippen molar-refractivity contribution in [3.8, 4) is 11.3 Å². The first-order valence-corrected chi connectivity index (χ1v) is 17.4. The Balaban J connectivity index is 1.27. The number of benzene rings is 2. The van der Waals surface area contributed by atoms with E-state index in [-0.39, 0.29) is 35.1 Å². The average molecular weight is 652 g/mol. The number of rotatable bonds is 8. The maximum absolute atomic E-state index is 15.2. The van der Waals surface area contributed by atoms with Crippen LogP contribution < -0.4 is 15.5 Å². The van der Waals surface area contributed by atoms with E-state index in [9.17, 15) is 9.59 Å². The van der Waals surface area contributed by atoms with E-state index in [1.165, 1.54) is 37.5 Å². The Morgan fingerprint density at radius 1 is 1.04 bits per heavy atom. The van der Waals surface area contributed by atoms with Gasteiger partial charge in [0.2, 0.25) is 5.91 Å². The van der Waals surface area contributed by atoms with Gasteiger partial charge in [-0.05, 0) is 116 Å². The minimum Gasteiger partial charge on any atom is -0.352 e. The minimum absolute atomic E-state index is 0.0783. The lowest BCUT2D eigenvalue weighted by atomic mass is 9.71. The van der Waals surface area contributed by atoms with Crippen molar-refractivity contribution >= 4 is 40.0 Å². The Kier molecular flexibility index (Phi) is 8.05. The van der Waals surface area contributed by atoms with Gasteiger partial charge in [-0.1, -0.05) is 18.6 Å². The van der Waals surface area contributed by atoms with Crippen LogP contribution in [-0.2, 0) is 10.2 Å². The van der Waals surface area contributed by atoms with Crippen molar-refractivity contribution < 1.29 is 14.0 Å². The van der Waals surface area contributed by atoms with Gasteiger partial charge in [0.25, 0.3) is 5.91 Å². The van der Waals surface area contributed by atoms with Gasteiger partial charge < -0.3 is 20.1 Å². The number of nitrogens with zero attached hydrogens (tertiary/aromatic N) is 5. The van der Waals surface area contributed by atoms with Gasteiger partial charge in [0.15, 0.2) is 5.82 Å². The summed E-state index contributed by atoms with van der Waals surface area (Å²) in [5, 5.41) is 5.98. The molecule has 4 heterocycles. The van der Waals surface area contributed by atoms with Crippen LogP contribution >= 0.6 is 0 Å². The fraction of sp³-hybridized carbons (Fsp3) is 0.474. The number of nitrogens with one attached hydrogen (secondary N) is 2. The van der Waals surface area contributed by atoms with Crippen molar-refractivity contribution in [1.29, 1.82) is 0 Å². The Labute approximate surface area is 281 Å². The molecule has 0 atom stereocenters. The molecule has 2 N–H and O–H groups in total. The normalized spacial score (nSPS) is 22.2. The van der Waals surface area contributed by atoms with Gasteiger partial charge in [-0.15, -0.1) is 0 Å². The third kappa shape index (κ3) is 5.34. The van der Waals surface area contributed by atoms with E-state index >= 15 is 4.39 Å². The zero-order chi connectivity index (χ0) is 34.0. The van der Waals surface area contributed by atoms with E-state index in [2.05, 4.69) is 53.3 Å². The van der Waals surface area contributed by atoms with Gasteiger partial charge in [0.1, 0.15) is 11.3 Å². The second kappa shape index (κ2) is 12.0. The summed E-state index contributed by atoms with van der Waals surface area (Å²) in [4.78, 5) is 41.0. The summed E-state index contributed by atoms with van der Waals surface area (Å²) in [6.07, 6.45) is 7.50. The highest BCUT2D eigenvalue weighted by Crippen LogP contribution is 2.50. The predicted molar refractivity (Wildman–Crippen MR) is 188 cm³/mol. The highest BCUT2D eigenvalue weighted by atomic mass is 19.1. The highest BCUT2D eigenvalue weighted by Gasteiger charge is 2.54. The summed E-state index contributed by atoms with van der Waals surface area (Å²) in [5.74, 6) is -0.192. The molecule has 2 aromatic carbocycles. The number of hydrogen-bond donors (Lipinski definition) is 2. The number of pyridine rings is 1. The van der Waals surface area contributed by atoms with Crippen molar-refractivity contribution in [2.45, 2.75) is 96.7 Å². The number of amides is 2. The molecule has 1 saturated carbocycles. The van der Waals surface area contributed by atoms with E-state index in [1.807, 2.05) is 37.5 Å². The molecule has 0 spiro atoms. The summed E-state index contributed by atoms with van der Waals surface area (Å²) in [6.45, 7) is 15.1. The van der Waals surface area contributed by atoms with Crippen LogP contribution in [0.25, 0.3) is 22.3 Å². The fourth-order valence-electron chi connectivity index (χ4n) is 7.98. The molecular weight excluding hydrogens is 605 g/mol. The number of imidazole rings is 1. The number of halogens is 1. The predicted octanol–water partition coefficient (Wildman–Crippen LogP) is 7.34. The van der Waals surface area contributed by atoms with Crippen LogP contribution in [0.2, 0.25) is 0 Å². The molecule has 2 fully saturated rings. The molecule has 2 amide bonds. The third-order valence-corrected chi connectivity index (χ3v) is 10.7. The number of anilines is 3. The molecule has 2 aliphatic heterocycles. The first-order chi connectivity index (χ1) is 22.9. The molecule has 252 valence electrons. The third-order valence-electron chi connectivity index (χ3n) is 10.7. The van der Waals surface area contributed by atoms with Gasteiger partial charge in [-0.3, -0.25) is 14.5 Å². The molecule has 9 nitrogen and oxygen atoms in total. The van der Waals surface area contributed by atoms with Crippen LogP contribution in [0.15, 0.2) is 48.8 Å². The van der Waals surface area contributed by atoms with Gasteiger partial charge >= 0.3 is 0 Å². The largest absolute Gasteiger partial charge is 0.352 e. The number of likely N-dealkylation sites (tertiary alicyclic amines) is 1. The van der Waals surface area contributed by atoms with E-state index in [0.717, 1.165) is 48.3 Å². The first kappa shape index (κ1) is 32.2. The average Bonchev–Trinajstić information content (AvgIpc) is 3.57. The summed E-state index contributed by atoms with van der Waals surface area (Å²) < 4.78 is 17.2. The number of carbonyl (C=O) groups is 2. The second-order valence-corrected chi connectivity index (χ2v) is 14.8. The topological polar surface area (TPSA) is 95.4 Å².